The van der Waals surface area contributed by atoms with Crippen LogP contribution in [0.3, 0.4) is 0 Å². The highest BCUT2D eigenvalue weighted by atomic mass is 32.2. The third kappa shape index (κ3) is 4.86. The molecule has 1 aromatic carbocycles. The molecule has 0 radical (unpaired) electrons. The molecule has 0 saturated carbocycles. The number of nitrogens with one attached hydrogen (secondary N) is 1. The maximum Gasteiger partial charge on any atom is 0.242 e. The topological polar surface area (TPSA) is 52.7 Å². The molecule has 0 amide bonds. The third-order valence-electron chi connectivity index (χ3n) is 3.09. The van der Waals surface area contributed by atoms with Gasteiger partial charge in [-0.3, -0.25) is 0 Å². The molecule has 0 fully saturated rings. The van der Waals surface area contributed by atoms with Crippen LogP contribution in [0, 0.1) is 0 Å². The second-order valence-electron chi connectivity index (χ2n) is 5.16. The molecule has 1 aromatic rings. The molecule has 1 rings (SSSR count). The average molecular weight is 299 g/mol. The molecule has 0 aliphatic heterocycles. The maximum absolute atomic E-state index is 12.4. The van der Waals surface area contributed by atoms with Gasteiger partial charge in [-0.25, -0.2) is 12.7 Å². The summed E-state index contributed by atoms with van der Waals surface area (Å²) in [5.74, 6) is 0. The first kappa shape index (κ1) is 17.1. The highest BCUT2D eigenvalue weighted by Crippen LogP contribution is 2.15. The van der Waals surface area contributed by atoms with E-state index in [9.17, 15) is 8.42 Å². The van der Waals surface area contributed by atoms with Gasteiger partial charge in [0, 0.05) is 20.1 Å². The van der Waals surface area contributed by atoms with Gasteiger partial charge in [-0.2, -0.15) is 0 Å². The maximum atomic E-state index is 12.4. The Labute approximate surface area is 122 Å². The van der Waals surface area contributed by atoms with Crippen molar-refractivity contribution in [3.8, 4) is 0 Å². The van der Waals surface area contributed by atoms with E-state index in [1.54, 1.807) is 19.2 Å². The van der Waals surface area contributed by atoms with Crippen molar-refractivity contribution in [2.45, 2.75) is 17.9 Å². The first-order valence-corrected chi connectivity index (χ1v) is 8.16. The second-order valence-corrected chi connectivity index (χ2v) is 7.20. The fourth-order valence-corrected chi connectivity index (χ4v) is 3.10. The van der Waals surface area contributed by atoms with Gasteiger partial charge in [0.05, 0.1) is 4.90 Å². The van der Waals surface area contributed by atoms with Crippen LogP contribution in [0.15, 0.2) is 29.2 Å². The van der Waals surface area contributed by atoms with E-state index in [-0.39, 0.29) is 0 Å². The number of rotatable bonds is 8. The minimum atomic E-state index is -3.37. The molecule has 0 aliphatic rings. The van der Waals surface area contributed by atoms with Crippen molar-refractivity contribution in [1.29, 1.82) is 0 Å². The highest BCUT2D eigenvalue weighted by molar-refractivity contribution is 7.89. The molecule has 1 N–H and O–H groups in total. The van der Waals surface area contributed by atoms with Crippen LogP contribution >= 0.6 is 0 Å². The molecule has 0 aliphatic carbocycles. The molecule has 114 valence electrons. The van der Waals surface area contributed by atoms with Gasteiger partial charge in [0.25, 0.3) is 0 Å². The summed E-state index contributed by atoms with van der Waals surface area (Å²) in [5, 5.41) is 3.04. The van der Waals surface area contributed by atoms with Crippen LogP contribution in [-0.2, 0) is 16.6 Å². The zero-order chi connectivity index (χ0) is 15.2. The van der Waals surface area contributed by atoms with Crippen molar-refractivity contribution in [2.75, 3.05) is 41.3 Å². The summed E-state index contributed by atoms with van der Waals surface area (Å²) in [4.78, 5) is 2.40. The van der Waals surface area contributed by atoms with E-state index in [1.165, 1.54) is 4.31 Å². The Morgan fingerprint density at radius 3 is 2.15 bits per heavy atom. The summed E-state index contributed by atoms with van der Waals surface area (Å²) in [6.07, 6.45) is 0.820. The first-order valence-electron chi connectivity index (χ1n) is 6.72. The standard InChI is InChI=1S/C14H25N3O2S/c1-15-12-13-6-8-14(9-7-13)20(18,19)17(4)11-5-10-16(2)3/h6-9,15H,5,10-12H2,1-4H3. The lowest BCUT2D eigenvalue weighted by molar-refractivity contribution is 0.370. The van der Waals surface area contributed by atoms with Crippen LogP contribution in [-0.4, -0.2) is 58.9 Å². The van der Waals surface area contributed by atoms with Gasteiger partial charge in [-0.15, -0.1) is 0 Å². The Kier molecular flexibility index (Phi) is 6.61. The van der Waals surface area contributed by atoms with Gasteiger partial charge in [0.15, 0.2) is 0 Å². The van der Waals surface area contributed by atoms with Gasteiger partial charge >= 0.3 is 0 Å². The summed E-state index contributed by atoms with van der Waals surface area (Å²) in [5.41, 5.74) is 1.07. The quantitative estimate of drug-likeness (QED) is 0.777. The molecule has 0 saturated heterocycles. The molecule has 6 heteroatoms. The van der Waals surface area contributed by atoms with Gasteiger partial charge < -0.3 is 10.2 Å². The van der Waals surface area contributed by atoms with Gasteiger partial charge in [-0.05, 0) is 51.8 Å². The summed E-state index contributed by atoms with van der Waals surface area (Å²) in [6.45, 7) is 2.14. The fourth-order valence-electron chi connectivity index (χ4n) is 1.89. The van der Waals surface area contributed by atoms with Gasteiger partial charge in [0.1, 0.15) is 0 Å². The van der Waals surface area contributed by atoms with Crippen molar-refractivity contribution in [3.05, 3.63) is 29.8 Å². The predicted octanol–water partition coefficient (Wildman–Crippen LogP) is 0.978. The second kappa shape index (κ2) is 7.73. The highest BCUT2D eigenvalue weighted by Gasteiger charge is 2.19. The van der Waals surface area contributed by atoms with Crippen molar-refractivity contribution in [1.82, 2.24) is 14.5 Å². The van der Waals surface area contributed by atoms with Crippen LogP contribution in [0.2, 0.25) is 0 Å². The monoisotopic (exact) mass is 299 g/mol. The zero-order valence-corrected chi connectivity index (χ0v) is 13.6. The lowest BCUT2D eigenvalue weighted by atomic mass is 10.2. The molecule has 0 heterocycles. The van der Waals surface area contributed by atoms with Gasteiger partial charge in [0.2, 0.25) is 10.0 Å². The molecule has 0 aromatic heterocycles. The molecule has 20 heavy (non-hydrogen) atoms. The Morgan fingerprint density at radius 1 is 1.05 bits per heavy atom. The van der Waals surface area contributed by atoms with Crippen LogP contribution in [0.25, 0.3) is 0 Å². The van der Waals surface area contributed by atoms with E-state index in [0.717, 1.165) is 25.1 Å². The Morgan fingerprint density at radius 2 is 1.65 bits per heavy atom. The SMILES string of the molecule is CNCc1ccc(S(=O)(=O)N(C)CCCN(C)C)cc1. The largest absolute Gasteiger partial charge is 0.316 e. The Bertz CT molecular complexity index is 498. The van der Waals surface area contributed by atoms with Crippen molar-refractivity contribution >= 4 is 10.0 Å². The normalized spacial score (nSPS) is 12.3. The van der Waals surface area contributed by atoms with E-state index >= 15 is 0 Å². The molecular formula is C14H25N3O2S. The van der Waals surface area contributed by atoms with Crippen molar-refractivity contribution in [3.63, 3.8) is 0 Å². The van der Waals surface area contributed by atoms with E-state index in [2.05, 4.69) is 5.32 Å². The molecule has 0 spiro atoms. The first-order chi connectivity index (χ1) is 9.37. The minimum absolute atomic E-state index is 0.352. The predicted molar refractivity (Wildman–Crippen MR) is 82.2 cm³/mol. The molecule has 5 nitrogen and oxygen atoms in total. The summed E-state index contributed by atoms with van der Waals surface area (Å²) < 4.78 is 26.2. The summed E-state index contributed by atoms with van der Waals surface area (Å²) in [6, 6.07) is 7.03. The number of sulfonamides is 1. The van der Waals surface area contributed by atoms with E-state index < -0.39 is 10.0 Å². The van der Waals surface area contributed by atoms with Crippen LogP contribution in [0.5, 0.6) is 0 Å². The van der Waals surface area contributed by atoms with Gasteiger partial charge in [-0.1, -0.05) is 12.1 Å². The fraction of sp³-hybridized carbons (Fsp3) is 0.571. The molecular weight excluding hydrogens is 274 g/mol. The smallest absolute Gasteiger partial charge is 0.242 e. The summed E-state index contributed by atoms with van der Waals surface area (Å²) >= 11 is 0. The van der Waals surface area contributed by atoms with Crippen LogP contribution in [0.1, 0.15) is 12.0 Å². The van der Waals surface area contributed by atoms with Crippen molar-refractivity contribution < 1.29 is 8.42 Å². The lowest BCUT2D eigenvalue weighted by Crippen LogP contribution is -2.29. The van der Waals surface area contributed by atoms with E-state index in [4.69, 9.17) is 0 Å². The average Bonchev–Trinajstić information content (AvgIpc) is 2.39. The molecule has 0 atom stereocenters. The Hall–Kier alpha value is -0.950. The molecule has 0 unspecified atom stereocenters. The van der Waals surface area contributed by atoms with E-state index in [0.29, 0.717) is 11.4 Å². The number of hydrogen-bond donors (Lipinski definition) is 1. The minimum Gasteiger partial charge on any atom is -0.316 e. The van der Waals surface area contributed by atoms with Crippen LogP contribution < -0.4 is 5.32 Å². The summed E-state index contributed by atoms with van der Waals surface area (Å²) in [7, 11) is 4.08. The van der Waals surface area contributed by atoms with Crippen molar-refractivity contribution in [2.24, 2.45) is 0 Å². The number of benzene rings is 1. The number of hydrogen-bond acceptors (Lipinski definition) is 4. The zero-order valence-electron chi connectivity index (χ0n) is 12.8. The lowest BCUT2D eigenvalue weighted by Gasteiger charge is -2.18. The Balaban J connectivity index is 2.71. The molecule has 0 bridgehead atoms. The van der Waals surface area contributed by atoms with Crippen LogP contribution in [0.4, 0.5) is 0 Å². The van der Waals surface area contributed by atoms with E-state index in [1.807, 2.05) is 38.2 Å². The number of nitrogens with zero attached hydrogens (tertiary/aromatic N) is 2. The third-order valence-corrected chi connectivity index (χ3v) is 4.96.